The normalized spacial score (nSPS) is 9.78. The van der Waals surface area contributed by atoms with E-state index in [-0.39, 0.29) is 16.8 Å². The van der Waals surface area contributed by atoms with Gasteiger partial charge in [-0.25, -0.2) is 0 Å². The van der Waals surface area contributed by atoms with Crippen molar-refractivity contribution in [1.82, 2.24) is 10.9 Å². The average Bonchev–Trinajstić information content (AvgIpc) is 2.28. The molecule has 0 saturated carbocycles. The quantitative estimate of drug-likeness (QED) is 0.578. The minimum atomic E-state index is -2.86. The van der Waals surface area contributed by atoms with Crippen LogP contribution in [0.15, 0.2) is 24.3 Å². The van der Waals surface area contributed by atoms with Gasteiger partial charge in [0.1, 0.15) is 5.75 Å². The first-order valence-electron chi connectivity index (χ1n) is 4.86. The summed E-state index contributed by atoms with van der Waals surface area (Å²) < 4.78 is 28.0. The van der Waals surface area contributed by atoms with E-state index in [1.54, 1.807) is 0 Å². The summed E-state index contributed by atoms with van der Waals surface area (Å²) in [7, 11) is 0. The van der Waals surface area contributed by atoms with E-state index in [0.717, 1.165) is 0 Å². The molecule has 5 nitrogen and oxygen atoms in total. The van der Waals surface area contributed by atoms with E-state index in [4.69, 9.17) is 12.2 Å². The molecule has 0 aliphatic rings. The van der Waals surface area contributed by atoms with Gasteiger partial charge in [0.2, 0.25) is 5.91 Å². The van der Waals surface area contributed by atoms with Crippen molar-refractivity contribution in [3.63, 3.8) is 0 Å². The highest BCUT2D eigenvalue weighted by molar-refractivity contribution is 7.80. The van der Waals surface area contributed by atoms with E-state index in [1.165, 1.54) is 31.2 Å². The van der Waals surface area contributed by atoms with Crippen molar-refractivity contribution in [3.8, 4) is 5.75 Å². The molecule has 0 saturated heterocycles. The SMILES string of the molecule is CC(=O)NNC(=S)Nc1ccc(OC(F)F)cc1. The van der Waals surface area contributed by atoms with Crippen LogP contribution in [0.25, 0.3) is 0 Å². The molecular weight excluding hydrogens is 264 g/mol. The van der Waals surface area contributed by atoms with Gasteiger partial charge >= 0.3 is 6.61 Å². The Morgan fingerprint density at radius 3 is 2.39 bits per heavy atom. The molecule has 3 N–H and O–H groups in total. The number of thiocarbonyl (C=S) groups is 1. The molecule has 1 aromatic rings. The summed E-state index contributed by atoms with van der Waals surface area (Å²) in [5, 5.41) is 2.91. The molecule has 0 spiro atoms. The van der Waals surface area contributed by atoms with Crippen LogP contribution in [0.5, 0.6) is 5.75 Å². The van der Waals surface area contributed by atoms with Gasteiger partial charge in [-0.2, -0.15) is 8.78 Å². The number of ether oxygens (including phenoxy) is 1. The Balaban J connectivity index is 2.48. The van der Waals surface area contributed by atoms with Crippen molar-refractivity contribution >= 4 is 28.9 Å². The number of benzene rings is 1. The summed E-state index contributed by atoms with van der Waals surface area (Å²) in [5.74, 6) is -0.240. The second-order valence-electron chi connectivity index (χ2n) is 3.16. The molecule has 0 aliphatic heterocycles. The Morgan fingerprint density at radius 2 is 1.89 bits per heavy atom. The van der Waals surface area contributed by atoms with E-state index in [9.17, 15) is 13.6 Å². The van der Waals surface area contributed by atoms with Gasteiger partial charge in [-0.1, -0.05) is 0 Å². The van der Waals surface area contributed by atoms with Crippen LogP contribution < -0.4 is 20.9 Å². The minimum Gasteiger partial charge on any atom is -0.435 e. The molecule has 0 heterocycles. The van der Waals surface area contributed by atoms with E-state index < -0.39 is 6.61 Å². The summed E-state index contributed by atoms with van der Waals surface area (Å²) in [6.45, 7) is -1.53. The zero-order valence-electron chi connectivity index (χ0n) is 9.37. The molecule has 0 atom stereocenters. The number of rotatable bonds is 3. The molecule has 0 fully saturated rings. The Hall–Kier alpha value is -1.96. The summed E-state index contributed by atoms with van der Waals surface area (Å²) in [6, 6.07) is 5.77. The Morgan fingerprint density at radius 1 is 1.28 bits per heavy atom. The molecule has 8 heteroatoms. The van der Waals surface area contributed by atoms with E-state index in [0.29, 0.717) is 5.69 Å². The van der Waals surface area contributed by atoms with Gasteiger partial charge in [0.05, 0.1) is 0 Å². The topological polar surface area (TPSA) is 62.4 Å². The van der Waals surface area contributed by atoms with Gasteiger partial charge < -0.3 is 10.1 Å². The molecule has 98 valence electrons. The van der Waals surface area contributed by atoms with E-state index in [2.05, 4.69) is 20.9 Å². The summed E-state index contributed by atoms with van der Waals surface area (Å²) in [6.07, 6.45) is 0. The van der Waals surface area contributed by atoms with Crippen molar-refractivity contribution in [2.45, 2.75) is 13.5 Å². The fourth-order valence-corrected chi connectivity index (χ4v) is 1.20. The molecule has 0 radical (unpaired) electrons. The number of anilines is 1. The molecule has 18 heavy (non-hydrogen) atoms. The zero-order valence-corrected chi connectivity index (χ0v) is 10.2. The molecule has 1 amide bonds. The zero-order chi connectivity index (χ0) is 13.5. The van der Waals surface area contributed by atoms with Crippen molar-refractivity contribution in [3.05, 3.63) is 24.3 Å². The highest BCUT2D eigenvalue weighted by atomic mass is 32.1. The molecule has 0 aliphatic carbocycles. The van der Waals surface area contributed by atoms with E-state index >= 15 is 0 Å². The number of hydrogen-bond donors (Lipinski definition) is 3. The Kier molecular flexibility index (Phi) is 5.25. The number of hydrazine groups is 1. The number of alkyl halides is 2. The van der Waals surface area contributed by atoms with Crippen LogP contribution >= 0.6 is 12.2 Å². The standard InChI is InChI=1S/C10H11F2N3O2S/c1-6(16)14-15-10(18)13-7-2-4-8(5-3-7)17-9(11)12/h2-5,9H,1H3,(H,14,16)(H2,13,15,18). The first-order chi connectivity index (χ1) is 8.47. The first-order valence-corrected chi connectivity index (χ1v) is 5.26. The first kappa shape index (κ1) is 14.1. The second kappa shape index (κ2) is 6.70. The largest absolute Gasteiger partial charge is 0.435 e. The van der Waals surface area contributed by atoms with Crippen LogP contribution in [-0.4, -0.2) is 17.6 Å². The van der Waals surface area contributed by atoms with Crippen molar-refractivity contribution < 1.29 is 18.3 Å². The maximum Gasteiger partial charge on any atom is 0.387 e. The molecule has 0 unspecified atom stereocenters. The van der Waals surface area contributed by atoms with Gasteiger partial charge in [-0.05, 0) is 36.5 Å². The van der Waals surface area contributed by atoms with Crippen LogP contribution in [0.2, 0.25) is 0 Å². The lowest BCUT2D eigenvalue weighted by molar-refractivity contribution is -0.119. The van der Waals surface area contributed by atoms with Gasteiger partial charge in [0.15, 0.2) is 5.11 Å². The van der Waals surface area contributed by atoms with Crippen LogP contribution in [0, 0.1) is 0 Å². The fourth-order valence-electron chi connectivity index (χ4n) is 1.03. The van der Waals surface area contributed by atoms with Crippen LogP contribution in [0.4, 0.5) is 14.5 Å². The lowest BCUT2D eigenvalue weighted by atomic mass is 10.3. The third kappa shape index (κ3) is 5.39. The molecule has 1 aromatic carbocycles. The second-order valence-corrected chi connectivity index (χ2v) is 3.57. The summed E-state index contributed by atoms with van der Waals surface area (Å²) in [4.78, 5) is 10.6. The number of carbonyl (C=O) groups is 1. The van der Waals surface area contributed by atoms with Crippen LogP contribution in [0.1, 0.15) is 6.92 Å². The fraction of sp³-hybridized carbons (Fsp3) is 0.200. The molecule has 0 aromatic heterocycles. The number of amides is 1. The molecule has 1 rings (SSSR count). The third-order valence-corrected chi connectivity index (χ3v) is 1.89. The monoisotopic (exact) mass is 275 g/mol. The van der Waals surface area contributed by atoms with Gasteiger partial charge in [-0.15, -0.1) is 0 Å². The smallest absolute Gasteiger partial charge is 0.387 e. The number of hydrogen-bond acceptors (Lipinski definition) is 3. The maximum absolute atomic E-state index is 11.9. The lowest BCUT2D eigenvalue weighted by Gasteiger charge is -2.11. The van der Waals surface area contributed by atoms with Crippen molar-refractivity contribution in [2.24, 2.45) is 0 Å². The molecular formula is C10H11F2N3O2S. The van der Waals surface area contributed by atoms with Gasteiger partial charge in [0, 0.05) is 12.6 Å². The minimum absolute atomic E-state index is 0.0521. The predicted octanol–water partition coefficient (Wildman–Crippen LogP) is 1.63. The number of halogens is 2. The van der Waals surface area contributed by atoms with Crippen molar-refractivity contribution in [1.29, 1.82) is 0 Å². The predicted molar refractivity (Wildman–Crippen MR) is 66.2 cm³/mol. The molecule has 0 bridgehead atoms. The van der Waals surface area contributed by atoms with Gasteiger partial charge in [-0.3, -0.25) is 15.6 Å². The Labute approximate surface area is 107 Å². The summed E-state index contributed by atoms with van der Waals surface area (Å²) in [5.41, 5.74) is 5.30. The number of carbonyl (C=O) groups excluding carboxylic acids is 1. The van der Waals surface area contributed by atoms with Gasteiger partial charge in [0.25, 0.3) is 0 Å². The van der Waals surface area contributed by atoms with Crippen LogP contribution in [0.3, 0.4) is 0 Å². The van der Waals surface area contributed by atoms with Crippen molar-refractivity contribution in [2.75, 3.05) is 5.32 Å². The third-order valence-electron chi connectivity index (χ3n) is 1.69. The highest BCUT2D eigenvalue weighted by Gasteiger charge is 2.04. The summed E-state index contributed by atoms with van der Waals surface area (Å²) >= 11 is 4.87. The van der Waals surface area contributed by atoms with Crippen LogP contribution in [-0.2, 0) is 4.79 Å². The highest BCUT2D eigenvalue weighted by Crippen LogP contribution is 2.17. The maximum atomic E-state index is 11.9. The average molecular weight is 275 g/mol. The number of nitrogens with one attached hydrogen (secondary N) is 3. The lowest BCUT2D eigenvalue weighted by Crippen LogP contribution is -2.42. The van der Waals surface area contributed by atoms with E-state index in [1.807, 2.05) is 0 Å². The Bertz CT molecular complexity index is 426.